The van der Waals surface area contributed by atoms with Gasteiger partial charge >= 0.3 is 0 Å². The van der Waals surface area contributed by atoms with E-state index in [1.54, 1.807) is 0 Å². The molecule has 3 aromatic rings. The summed E-state index contributed by atoms with van der Waals surface area (Å²) in [7, 11) is 0. The van der Waals surface area contributed by atoms with Crippen molar-refractivity contribution < 1.29 is 0 Å². The van der Waals surface area contributed by atoms with Crippen molar-refractivity contribution in [3.8, 4) is 11.1 Å². The standard InChI is InChI=1S/C25H27N3/c1-25(2,3)20-10-8-17(9-11-20)16-28(24(26)27)21-12-13-23-19(15-21)14-18-6-4-5-7-22(18)23/h4-13,15H,14,16H2,1-3H3,(H3,26,27). The number of guanidine groups is 1. The Balaban J connectivity index is 1.61. The van der Waals surface area contributed by atoms with Crippen molar-refractivity contribution in [2.24, 2.45) is 5.73 Å². The molecule has 1 aliphatic rings. The van der Waals surface area contributed by atoms with Crippen molar-refractivity contribution in [3.63, 3.8) is 0 Å². The van der Waals surface area contributed by atoms with Crippen molar-refractivity contribution >= 4 is 11.6 Å². The minimum atomic E-state index is 0.0651. The van der Waals surface area contributed by atoms with Crippen molar-refractivity contribution in [1.82, 2.24) is 0 Å². The summed E-state index contributed by atoms with van der Waals surface area (Å²) in [4.78, 5) is 1.87. The fourth-order valence-electron chi connectivity index (χ4n) is 3.91. The number of hydrogen-bond donors (Lipinski definition) is 2. The van der Waals surface area contributed by atoms with Crippen LogP contribution in [0.15, 0.2) is 66.7 Å². The van der Waals surface area contributed by atoms with Crippen LogP contribution >= 0.6 is 0 Å². The fourth-order valence-corrected chi connectivity index (χ4v) is 3.91. The number of fused-ring (bicyclic) bond motifs is 3. The Morgan fingerprint density at radius 2 is 1.61 bits per heavy atom. The molecule has 0 amide bonds. The van der Waals surface area contributed by atoms with Gasteiger partial charge < -0.3 is 10.6 Å². The Morgan fingerprint density at radius 3 is 2.29 bits per heavy atom. The van der Waals surface area contributed by atoms with E-state index in [1.165, 1.54) is 27.8 Å². The normalized spacial score (nSPS) is 12.4. The lowest BCUT2D eigenvalue weighted by atomic mass is 9.87. The molecule has 3 N–H and O–H groups in total. The van der Waals surface area contributed by atoms with Gasteiger partial charge in [-0.3, -0.25) is 5.41 Å². The van der Waals surface area contributed by atoms with Crippen LogP contribution in [0.5, 0.6) is 0 Å². The summed E-state index contributed by atoms with van der Waals surface area (Å²) in [5.41, 5.74) is 14.8. The Labute approximate surface area is 167 Å². The zero-order chi connectivity index (χ0) is 19.9. The Morgan fingerprint density at radius 1 is 0.929 bits per heavy atom. The van der Waals surface area contributed by atoms with E-state index in [2.05, 4.69) is 87.5 Å². The largest absolute Gasteiger partial charge is 0.370 e. The highest BCUT2D eigenvalue weighted by atomic mass is 15.2. The van der Waals surface area contributed by atoms with Crippen molar-refractivity contribution in [2.45, 2.75) is 39.2 Å². The van der Waals surface area contributed by atoms with Crippen molar-refractivity contribution in [1.29, 1.82) is 5.41 Å². The number of rotatable bonds is 3. The predicted molar refractivity (Wildman–Crippen MR) is 118 cm³/mol. The highest BCUT2D eigenvalue weighted by Crippen LogP contribution is 2.38. The lowest BCUT2D eigenvalue weighted by Gasteiger charge is -2.24. The summed E-state index contributed by atoms with van der Waals surface area (Å²) in [5.74, 6) is 0.0651. The summed E-state index contributed by atoms with van der Waals surface area (Å²) in [6.07, 6.45) is 0.936. The molecule has 0 spiro atoms. The molecule has 0 aliphatic heterocycles. The monoisotopic (exact) mass is 369 g/mol. The number of anilines is 1. The van der Waals surface area contributed by atoms with E-state index in [4.69, 9.17) is 11.1 Å². The van der Waals surface area contributed by atoms with Gasteiger partial charge in [0.05, 0.1) is 6.54 Å². The third-order valence-corrected chi connectivity index (χ3v) is 5.54. The second-order valence-electron chi connectivity index (χ2n) is 8.59. The Kier molecular flexibility index (Phi) is 4.46. The average molecular weight is 370 g/mol. The molecule has 0 saturated carbocycles. The number of nitrogens with zero attached hydrogens (tertiary/aromatic N) is 1. The second kappa shape index (κ2) is 6.83. The topological polar surface area (TPSA) is 53.1 Å². The molecule has 0 bridgehead atoms. The number of hydrogen-bond acceptors (Lipinski definition) is 1. The van der Waals surface area contributed by atoms with E-state index in [-0.39, 0.29) is 11.4 Å². The summed E-state index contributed by atoms with van der Waals surface area (Å²) in [6.45, 7) is 7.23. The van der Waals surface area contributed by atoms with E-state index < -0.39 is 0 Å². The summed E-state index contributed by atoms with van der Waals surface area (Å²) in [6, 6.07) is 23.6. The van der Waals surface area contributed by atoms with Crippen molar-refractivity contribution in [2.75, 3.05) is 4.90 Å². The molecule has 0 heterocycles. The van der Waals surface area contributed by atoms with Gasteiger partial charge in [-0.25, -0.2) is 0 Å². The molecule has 142 valence electrons. The van der Waals surface area contributed by atoms with Crippen LogP contribution in [-0.2, 0) is 18.4 Å². The van der Waals surface area contributed by atoms with Gasteiger partial charge in [-0.15, -0.1) is 0 Å². The van der Waals surface area contributed by atoms with E-state index in [9.17, 15) is 0 Å². The first-order valence-electron chi connectivity index (χ1n) is 9.75. The maximum Gasteiger partial charge on any atom is 0.193 e. The average Bonchev–Trinajstić information content (AvgIpc) is 3.03. The maximum absolute atomic E-state index is 8.11. The van der Waals surface area contributed by atoms with E-state index >= 15 is 0 Å². The third kappa shape index (κ3) is 3.40. The van der Waals surface area contributed by atoms with Gasteiger partial charge in [0.1, 0.15) is 0 Å². The molecule has 3 nitrogen and oxygen atoms in total. The molecule has 0 aromatic heterocycles. The first-order valence-corrected chi connectivity index (χ1v) is 9.75. The van der Waals surface area contributed by atoms with Crippen LogP contribution in [0.2, 0.25) is 0 Å². The molecule has 0 radical (unpaired) electrons. The van der Waals surface area contributed by atoms with Gasteiger partial charge in [-0.2, -0.15) is 0 Å². The molecule has 0 atom stereocenters. The first kappa shape index (κ1) is 18.3. The maximum atomic E-state index is 8.11. The third-order valence-electron chi connectivity index (χ3n) is 5.54. The summed E-state index contributed by atoms with van der Waals surface area (Å²) < 4.78 is 0. The molecular formula is C25H27N3. The zero-order valence-electron chi connectivity index (χ0n) is 16.8. The van der Waals surface area contributed by atoms with Crippen LogP contribution in [0, 0.1) is 5.41 Å². The second-order valence-corrected chi connectivity index (χ2v) is 8.59. The highest BCUT2D eigenvalue weighted by molar-refractivity contribution is 5.93. The molecule has 0 fully saturated rings. The number of nitrogens with two attached hydrogens (primary N) is 1. The van der Waals surface area contributed by atoms with Gasteiger partial charge in [0.15, 0.2) is 5.96 Å². The molecule has 0 unspecified atom stereocenters. The van der Waals surface area contributed by atoms with Crippen LogP contribution in [0.1, 0.15) is 43.0 Å². The summed E-state index contributed by atoms with van der Waals surface area (Å²) in [5, 5.41) is 8.11. The molecule has 3 aromatic carbocycles. The van der Waals surface area contributed by atoms with E-state index in [0.29, 0.717) is 6.54 Å². The lowest BCUT2D eigenvalue weighted by molar-refractivity contribution is 0.590. The van der Waals surface area contributed by atoms with Crippen LogP contribution < -0.4 is 10.6 Å². The lowest BCUT2D eigenvalue weighted by Crippen LogP contribution is -2.36. The van der Waals surface area contributed by atoms with Crippen LogP contribution in [0.4, 0.5) is 5.69 Å². The van der Waals surface area contributed by atoms with Gasteiger partial charge in [-0.05, 0) is 57.3 Å². The Hall–Kier alpha value is -3.07. The first-order chi connectivity index (χ1) is 13.3. The minimum Gasteiger partial charge on any atom is -0.370 e. The molecular weight excluding hydrogens is 342 g/mol. The van der Waals surface area contributed by atoms with Crippen molar-refractivity contribution in [3.05, 3.63) is 89.0 Å². The zero-order valence-corrected chi connectivity index (χ0v) is 16.8. The van der Waals surface area contributed by atoms with Crippen LogP contribution in [0.25, 0.3) is 11.1 Å². The van der Waals surface area contributed by atoms with Crippen LogP contribution in [-0.4, -0.2) is 5.96 Å². The molecule has 3 heteroatoms. The minimum absolute atomic E-state index is 0.0651. The smallest absolute Gasteiger partial charge is 0.193 e. The predicted octanol–water partition coefficient (Wildman–Crippen LogP) is 5.46. The summed E-state index contributed by atoms with van der Waals surface area (Å²) >= 11 is 0. The van der Waals surface area contributed by atoms with Gasteiger partial charge in [-0.1, -0.05) is 75.4 Å². The Bertz CT molecular complexity index is 1030. The van der Waals surface area contributed by atoms with Gasteiger partial charge in [0, 0.05) is 5.69 Å². The van der Waals surface area contributed by atoms with E-state index in [1.807, 2.05) is 4.90 Å². The molecule has 28 heavy (non-hydrogen) atoms. The number of benzene rings is 3. The quantitative estimate of drug-likeness (QED) is 0.372. The highest BCUT2D eigenvalue weighted by Gasteiger charge is 2.20. The molecule has 0 saturated heterocycles. The van der Waals surface area contributed by atoms with Gasteiger partial charge in [0.2, 0.25) is 0 Å². The van der Waals surface area contributed by atoms with E-state index in [0.717, 1.165) is 17.7 Å². The fraction of sp³-hybridized carbons (Fsp3) is 0.240. The van der Waals surface area contributed by atoms with Gasteiger partial charge in [0.25, 0.3) is 0 Å². The van der Waals surface area contributed by atoms with Crippen LogP contribution in [0.3, 0.4) is 0 Å². The number of nitrogens with one attached hydrogen (secondary N) is 1. The SMILES string of the molecule is CC(C)(C)c1ccc(CN(C(=N)N)c2ccc3c(c2)Cc2ccccc2-3)cc1. The molecule has 1 aliphatic carbocycles. The molecule has 4 rings (SSSR count).